The van der Waals surface area contributed by atoms with Crippen molar-refractivity contribution in [1.29, 1.82) is 0 Å². The van der Waals surface area contributed by atoms with Gasteiger partial charge >= 0.3 is 0 Å². The fourth-order valence-corrected chi connectivity index (χ4v) is 7.75. The molecule has 0 unspecified atom stereocenters. The molecule has 50 heavy (non-hydrogen) atoms. The molecule has 0 spiro atoms. The second kappa shape index (κ2) is 10.3. The molecule has 234 valence electrons. The molecule has 0 aliphatic rings. The van der Waals surface area contributed by atoms with Gasteiger partial charge in [-0.3, -0.25) is 17.9 Å². The standard InChI is InChI=1S/C44H28N6/c1-3-13-29(14-4-1)34-28-35(30-15-5-2-6-16-30)46-44(45-34)50-40-24-23-33(27-41(40)49-37-20-10-8-18-32(37)26-43(49)50)47-38-21-11-12-22-39(38)48-36-19-9-7-17-31(36)25-42(47)48/h1-28H. The monoisotopic (exact) mass is 640 g/mol. The molecule has 6 heteroatoms. The first kappa shape index (κ1) is 27.1. The highest BCUT2D eigenvalue weighted by Gasteiger charge is 2.21. The van der Waals surface area contributed by atoms with E-state index in [9.17, 15) is 0 Å². The van der Waals surface area contributed by atoms with E-state index in [1.54, 1.807) is 0 Å². The third-order valence-electron chi connectivity index (χ3n) is 9.96. The molecule has 6 aromatic carbocycles. The van der Waals surface area contributed by atoms with Crippen molar-refractivity contribution in [3.05, 3.63) is 170 Å². The number of para-hydroxylation sites is 4. The lowest BCUT2D eigenvalue weighted by Gasteiger charge is -2.11. The van der Waals surface area contributed by atoms with Gasteiger partial charge in [0.1, 0.15) is 11.3 Å². The zero-order valence-corrected chi connectivity index (χ0v) is 26.8. The van der Waals surface area contributed by atoms with Gasteiger partial charge in [0.2, 0.25) is 5.95 Å². The van der Waals surface area contributed by atoms with E-state index in [4.69, 9.17) is 9.97 Å². The Morgan fingerprint density at radius 2 is 0.820 bits per heavy atom. The molecule has 0 bridgehead atoms. The Morgan fingerprint density at radius 3 is 1.44 bits per heavy atom. The Morgan fingerprint density at radius 1 is 0.340 bits per heavy atom. The molecule has 0 fully saturated rings. The number of rotatable bonds is 4. The molecule has 6 nitrogen and oxygen atoms in total. The number of fused-ring (bicyclic) bond motifs is 10. The second-order valence-electron chi connectivity index (χ2n) is 12.8. The Hall–Kier alpha value is -6.92. The molecule has 5 aromatic heterocycles. The maximum atomic E-state index is 5.25. The van der Waals surface area contributed by atoms with Gasteiger partial charge in [-0.2, -0.15) is 0 Å². The van der Waals surface area contributed by atoms with Crippen molar-refractivity contribution < 1.29 is 0 Å². The van der Waals surface area contributed by atoms with Crippen LogP contribution in [0.1, 0.15) is 0 Å². The van der Waals surface area contributed by atoms with Crippen LogP contribution < -0.4 is 0 Å². The van der Waals surface area contributed by atoms with E-state index in [0.717, 1.165) is 66.9 Å². The lowest BCUT2D eigenvalue weighted by Crippen LogP contribution is -2.04. The molecular weight excluding hydrogens is 613 g/mol. The van der Waals surface area contributed by atoms with Crippen LogP contribution in [-0.2, 0) is 0 Å². The van der Waals surface area contributed by atoms with Gasteiger partial charge in [-0.1, -0.05) is 109 Å². The quantitative estimate of drug-likeness (QED) is 0.192. The molecule has 0 saturated carbocycles. The summed E-state index contributed by atoms with van der Waals surface area (Å²) in [5, 5.41) is 2.38. The number of imidazole rings is 2. The number of hydrogen-bond acceptors (Lipinski definition) is 2. The average molecular weight is 641 g/mol. The van der Waals surface area contributed by atoms with Crippen LogP contribution in [-0.4, -0.2) is 27.9 Å². The molecule has 5 heterocycles. The summed E-state index contributed by atoms with van der Waals surface area (Å²) in [6.07, 6.45) is 0. The number of aromatic nitrogens is 6. The molecule has 0 N–H and O–H groups in total. The summed E-state index contributed by atoms with van der Waals surface area (Å²) in [5.41, 5.74) is 13.9. The molecule has 0 saturated heterocycles. The predicted molar refractivity (Wildman–Crippen MR) is 203 cm³/mol. The lowest BCUT2D eigenvalue weighted by molar-refractivity contribution is 0.985. The van der Waals surface area contributed by atoms with E-state index in [1.165, 1.54) is 16.4 Å². The number of hydrogen-bond donors (Lipinski definition) is 0. The van der Waals surface area contributed by atoms with E-state index >= 15 is 0 Å². The van der Waals surface area contributed by atoms with E-state index < -0.39 is 0 Å². The van der Waals surface area contributed by atoms with Crippen molar-refractivity contribution >= 4 is 55.2 Å². The SMILES string of the molecule is c1ccc(-c2cc(-c3ccccc3)nc(-n3c4ccc(-n5c6ccccc6n6c7ccccc7cc56)cc4n4c5ccccc5cc34)n2)cc1. The van der Waals surface area contributed by atoms with Crippen molar-refractivity contribution in [2.45, 2.75) is 0 Å². The van der Waals surface area contributed by atoms with Gasteiger partial charge in [-0.25, -0.2) is 9.97 Å². The van der Waals surface area contributed by atoms with Crippen LogP contribution in [0.2, 0.25) is 0 Å². The van der Waals surface area contributed by atoms with E-state index in [-0.39, 0.29) is 0 Å². The number of nitrogens with zero attached hydrogens (tertiary/aromatic N) is 6. The van der Waals surface area contributed by atoms with Gasteiger partial charge < -0.3 is 0 Å². The topological polar surface area (TPSA) is 44.5 Å². The zero-order valence-electron chi connectivity index (χ0n) is 26.8. The van der Waals surface area contributed by atoms with Gasteiger partial charge in [-0.15, -0.1) is 0 Å². The average Bonchev–Trinajstić information content (AvgIpc) is 3.91. The first-order chi connectivity index (χ1) is 24.8. The Labute approximate surface area is 286 Å². The molecule has 0 amide bonds. The van der Waals surface area contributed by atoms with Crippen molar-refractivity contribution in [3.63, 3.8) is 0 Å². The molecule has 0 radical (unpaired) electrons. The highest BCUT2D eigenvalue weighted by Crippen LogP contribution is 2.36. The Balaban J connectivity index is 1.23. The summed E-state index contributed by atoms with van der Waals surface area (Å²) in [4.78, 5) is 10.5. The zero-order chi connectivity index (χ0) is 32.8. The summed E-state index contributed by atoms with van der Waals surface area (Å²) in [5.74, 6) is 0.632. The summed E-state index contributed by atoms with van der Waals surface area (Å²) in [6.45, 7) is 0. The Kier molecular flexibility index (Phi) is 5.57. The van der Waals surface area contributed by atoms with Gasteiger partial charge in [0.05, 0.1) is 44.5 Å². The van der Waals surface area contributed by atoms with E-state index in [2.05, 4.69) is 176 Å². The maximum Gasteiger partial charge on any atom is 0.237 e. The third-order valence-corrected chi connectivity index (χ3v) is 9.96. The van der Waals surface area contributed by atoms with Crippen LogP contribution in [0.3, 0.4) is 0 Å². The fourth-order valence-electron chi connectivity index (χ4n) is 7.75. The first-order valence-corrected chi connectivity index (χ1v) is 16.9. The minimum absolute atomic E-state index is 0.632. The van der Waals surface area contributed by atoms with Crippen molar-refractivity contribution in [2.24, 2.45) is 0 Å². The summed E-state index contributed by atoms with van der Waals surface area (Å²) < 4.78 is 9.32. The van der Waals surface area contributed by atoms with Crippen LogP contribution in [0, 0.1) is 0 Å². The third kappa shape index (κ3) is 3.84. The van der Waals surface area contributed by atoms with Gasteiger partial charge in [0.15, 0.2) is 0 Å². The second-order valence-corrected chi connectivity index (χ2v) is 12.8. The highest BCUT2D eigenvalue weighted by molar-refractivity contribution is 5.99. The largest absolute Gasteiger partial charge is 0.294 e. The lowest BCUT2D eigenvalue weighted by atomic mass is 10.1. The summed E-state index contributed by atoms with van der Waals surface area (Å²) in [6, 6.07) is 59.9. The van der Waals surface area contributed by atoms with Gasteiger partial charge in [-0.05, 0) is 60.7 Å². The predicted octanol–water partition coefficient (Wildman–Crippen LogP) is 10.5. The normalized spacial score (nSPS) is 12.0. The van der Waals surface area contributed by atoms with Crippen LogP contribution in [0.5, 0.6) is 0 Å². The van der Waals surface area contributed by atoms with Crippen LogP contribution in [0.25, 0.3) is 89.3 Å². The van der Waals surface area contributed by atoms with Gasteiger partial charge in [0.25, 0.3) is 0 Å². The van der Waals surface area contributed by atoms with Crippen molar-refractivity contribution in [3.8, 4) is 34.2 Å². The number of benzene rings is 6. The fraction of sp³-hybridized carbons (Fsp3) is 0. The van der Waals surface area contributed by atoms with E-state index in [0.29, 0.717) is 5.95 Å². The minimum atomic E-state index is 0.632. The molecule has 0 aliphatic heterocycles. The van der Waals surface area contributed by atoms with Crippen molar-refractivity contribution in [1.82, 2.24) is 27.9 Å². The van der Waals surface area contributed by atoms with Crippen LogP contribution in [0.15, 0.2) is 170 Å². The smallest absolute Gasteiger partial charge is 0.237 e. The molecule has 0 aliphatic carbocycles. The van der Waals surface area contributed by atoms with E-state index in [1.807, 2.05) is 12.1 Å². The molecule has 11 aromatic rings. The van der Waals surface area contributed by atoms with Gasteiger partial charge in [0, 0.05) is 27.6 Å². The minimum Gasteiger partial charge on any atom is -0.294 e. The highest BCUT2D eigenvalue weighted by atomic mass is 15.2. The molecule has 0 atom stereocenters. The molecule has 11 rings (SSSR count). The van der Waals surface area contributed by atoms with Crippen molar-refractivity contribution in [2.75, 3.05) is 0 Å². The molecular formula is C44H28N6. The Bertz CT molecular complexity index is 3030. The van der Waals surface area contributed by atoms with Crippen LogP contribution >= 0.6 is 0 Å². The first-order valence-electron chi connectivity index (χ1n) is 16.9. The summed E-state index contributed by atoms with van der Waals surface area (Å²) >= 11 is 0. The maximum absolute atomic E-state index is 5.25. The summed E-state index contributed by atoms with van der Waals surface area (Å²) in [7, 11) is 0. The van der Waals surface area contributed by atoms with Crippen LogP contribution in [0.4, 0.5) is 0 Å².